The number of para-hydroxylation sites is 1. The van der Waals surface area contributed by atoms with Crippen LogP contribution in [0.5, 0.6) is 5.75 Å². The first kappa shape index (κ1) is 20.4. The largest absolute Gasteiger partial charge is 0.489 e. The smallest absolute Gasteiger partial charge is 0.126 e. The zero-order chi connectivity index (χ0) is 6.81. The third kappa shape index (κ3) is 5.14. The van der Waals surface area contributed by atoms with Gasteiger partial charge in [0.05, 0.1) is 0 Å². The Morgan fingerprint density at radius 3 is 2.43 bits per heavy atom. The van der Waals surface area contributed by atoms with Gasteiger partial charge in [0.15, 0.2) is 0 Å². The molecule has 76 valence electrons. The van der Waals surface area contributed by atoms with Crippen molar-refractivity contribution in [3.63, 3.8) is 0 Å². The van der Waals surface area contributed by atoms with Crippen LogP contribution in [-0.2, 0) is 52.7 Å². The number of hydrogen-bond acceptors (Lipinski definition) is 1. The summed E-state index contributed by atoms with van der Waals surface area (Å²) in [6.45, 7) is 0.705. The van der Waals surface area contributed by atoms with Crippen molar-refractivity contribution >= 4 is 24.0 Å². The van der Waals surface area contributed by atoms with E-state index in [1.54, 1.807) is 0 Å². The van der Waals surface area contributed by atoms with E-state index in [1.807, 2.05) is 30.3 Å². The molecule has 0 saturated heterocycles. The van der Waals surface area contributed by atoms with Crippen LogP contribution in [0.25, 0.3) is 6.08 Å². The van der Waals surface area contributed by atoms with E-state index < -0.39 is 0 Å². The van der Waals surface area contributed by atoms with Crippen LogP contribution in [0.1, 0.15) is 5.56 Å². The third-order valence-corrected chi connectivity index (χ3v) is 1.55. The van der Waals surface area contributed by atoms with Gasteiger partial charge in [-0.1, -0.05) is 24.3 Å². The molecule has 0 aliphatic carbocycles. The van der Waals surface area contributed by atoms with Gasteiger partial charge in [0.2, 0.25) is 0 Å². The summed E-state index contributed by atoms with van der Waals surface area (Å²) in [6, 6.07) is 8.03. The van der Waals surface area contributed by atoms with E-state index >= 15 is 0 Å². The number of ether oxygens (including phenoxy) is 1. The van der Waals surface area contributed by atoms with E-state index in [4.69, 9.17) is 4.74 Å². The Hall–Kier alpha value is 0.942. The van der Waals surface area contributed by atoms with Crippen LogP contribution in [-0.4, -0.2) is 24.6 Å². The number of rotatable bonds is 0. The first-order valence-corrected chi connectivity index (χ1v) is 3.35. The zero-order valence-electron chi connectivity index (χ0n) is 7.38. The SMILES string of the molecule is C1=Cc2ccccc2OC1.[As].[Co].[Ni].[Zn]. The van der Waals surface area contributed by atoms with Gasteiger partial charge in [-0.25, -0.2) is 0 Å². The zero-order valence-corrected chi connectivity index (χ0v) is 14.3. The summed E-state index contributed by atoms with van der Waals surface area (Å²) in [6.07, 6.45) is 4.10. The Kier molecular flexibility index (Phi) is 15.2. The van der Waals surface area contributed by atoms with E-state index in [0.717, 1.165) is 5.75 Å². The van der Waals surface area contributed by atoms with Gasteiger partial charge in [-0.2, -0.15) is 0 Å². The van der Waals surface area contributed by atoms with E-state index in [1.165, 1.54) is 5.56 Å². The fourth-order valence-corrected chi connectivity index (χ4v) is 1.06. The second-order valence-electron chi connectivity index (χ2n) is 2.25. The van der Waals surface area contributed by atoms with Crippen molar-refractivity contribution in [1.82, 2.24) is 0 Å². The van der Waals surface area contributed by atoms with Gasteiger partial charge in [0, 0.05) is 76.3 Å². The Balaban J connectivity index is -0.000000302. The van der Waals surface area contributed by atoms with Crippen molar-refractivity contribution in [1.29, 1.82) is 0 Å². The summed E-state index contributed by atoms with van der Waals surface area (Å²) >= 11 is 0. The number of benzene rings is 1. The van der Waals surface area contributed by atoms with E-state index in [-0.39, 0.29) is 70.7 Å². The van der Waals surface area contributed by atoms with Crippen molar-refractivity contribution in [3.8, 4) is 5.75 Å². The molecular formula is C9H8AsCoNiOZn. The van der Waals surface area contributed by atoms with Gasteiger partial charge in [0.1, 0.15) is 12.4 Å². The maximum absolute atomic E-state index is 5.34. The molecule has 1 aliphatic rings. The second-order valence-corrected chi connectivity index (χ2v) is 2.25. The molecule has 1 aliphatic heterocycles. The summed E-state index contributed by atoms with van der Waals surface area (Å²) in [7, 11) is 0. The second kappa shape index (κ2) is 10.5. The number of hydrogen-bond donors (Lipinski definition) is 0. The molecule has 1 aromatic rings. The predicted molar refractivity (Wildman–Crippen MR) is 46.7 cm³/mol. The fraction of sp³-hybridized carbons (Fsp3) is 0.111. The van der Waals surface area contributed by atoms with Gasteiger partial charge in [-0.3, -0.25) is 0 Å². The Bertz CT molecular complexity index is 283. The van der Waals surface area contributed by atoms with Crippen LogP contribution < -0.4 is 4.74 Å². The van der Waals surface area contributed by atoms with Crippen LogP contribution in [0.4, 0.5) is 0 Å². The molecule has 1 heterocycles. The Labute approximate surface area is 129 Å². The molecule has 1 aromatic carbocycles. The summed E-state index contributed by atoms with van der Waals surface area (Å²) in [5.41, 5.74) is 1.17. The summed E-state index contributed by atoms with van der Waals surface area (Å²) < 4.78 is 5.34. The molecule has 0 unspecified atom stereocenters. The minimum atomic E-state index is 0. The van der Waals surface area contributed by atoms with Gasteiger partial charge in [-0.05, 0) is 12.1 Å². The quantitative estimate of drug-likeness (QED) is 0.614. The molecule has 0 spiro atoms. The van der Waals surface area contributed by atoms with E-state index in [2.05, 4.69) is 6.08 Å². The molecule has 0 N–H and O–H groups in total. The first-order valence-electron chi connectivity index (χ1n) is 3.35. The van der Waals surface area contributed by atoms with Crippen LogP contribution in [0.15, 0.2) is 30.3 Å². The van der Waals surface area contributed by atoms with Crippen molar-refractivity contribution < 1.29 is 57.5 Å². The molecular weight excluding hydrogens is 382 g/mol. The first-order chi connectivity index (χ1) is 4.97. The molecule has 1 nitrogen and oxygen atoms in total. The standard InChI is InChI=1S/C9H8O.As.Co.Ni.Zn/c1-2-6-9-8(4-1)5-3-7-10-9;;;;/h1-6H,7H2;;;;. The third-order valence-electron chi connectivity index (χ3n) is 1.55. The van der Waals surface area contributed by atoms with Gasteiger partial charge < -0.3 is 4.74 Å². The molecule has 0 atom stereocenters. The maximum atomic E-state index is 5.34. The predicted octanol–water partition coefficient (Wildman–Crippen LogP) is 1.70. The van der Waals surface area contributed by atoms with Gasteiger partial charge >= 0.3 is 0 Å². The van der Waals surface area contributed by atoms with Gasteiger partial charge in [0.25, 0.3) is 0 Å². The van der Waals surface area contributed by atoms with Crippen LogP contribution in [0.2, 0.25) is 0 Å². The fourth-order valence-electron chi connectivity index (χ4n) is 1.06. The van der Waals surface area contributed by atoms with E-state index in [9.17, 15) is 0 Å². The van der Waals surface area contributed by atoms with Crippen molar-refractivity contribution in [2.45, 2.75) is 0 Å². The molecule has 0 aromatic heterocycles. The average Bonchev–Trinajstić information content (AvgIpc) is 2.05. The molecule has 0 amide bonds. The minimum Gasteiger partial charge on any atom is -0.489 e. The van der Waals surface area contributed by atoms with Crippen LogP contribution >= 0.6 is 0 Å². The summed E-state index contributed by atoms with van der Waals surface area (Å²) in [5, 5.41) is 0. The van der Waals surface area contributed by atoms with Gasteiger partial charge in [-0.15, -0.1) is 0 Å². The van der Waals surface area contributed by atoms with Crippen molar-refractivity contribution in [2.24, 2.45) is 0 Å². The van der Waals surface area contributed by atoms with E-state index in [0.29, 0.717) is 6.61 Å². The molecule has 5 heteroatoms. The molecule has 0 fully saturated rings. The monoisotopic (exact) mass is 388 g/mol. The van der Waals surface area contributed by atoms with Crippen molar-refractivity contribution in [3.05, 3.63) is 35.9 Å². The normalized spacial score (nSPS) is 10.0. The Morgan fingerprint density at radius 1 is 1.14 bits per heavy atom. The summed E-state index contributed by atoms with van der Waals surface area (Å²) in [5.74, 6) is 0.991. The average molecular weight is 390 g/mol. The van der Waals surface area contributed by atoms with Crippen LogP contribution in [0.3, 0.4) is 0 Å². The summed E-state index contributed by atoms with van der Waals surface area (Å²) in [4.78, 5) is 0. The Morgan fingerprint density at radius 2 is 1.79 bits per heavy atom. The molecule has 0 bridgehead atoms. The van der Waals surface area contributed by atoms with Crippen LogP contribution in [0, 0.1) is 0 Å². The minimum absolute atomic E-state index is 0. The maximum Gasteiger partial charge on any atom is 0.126 e. The molecule has 0 saturated carbocycles. The molecule has 14 heavy (non-hydrogen) atoms. The number of fused-ring (bicyclic) bond motifs is 1. The topological polar surface area (TPSA) is 9.23 Å². The molecule has 2 rings (SSSR count). The molecule has 4 radical (unpaired) electrons. The van der Waals surface area contributed by atoms with Crippen molar-refractivity contribution in [2.75, 3.05) is 6.61 Å².